The summed E-state index contributed by atoms with van der Waals surface area (Å²) in [6.45, 7) is 11.1. The molecule has 0 aromatic heterocycles. The van der Waals surface area contributed by atoms with Crippen molar-refractivity contribution >= 4 is 35.1 Å². The summed E-state index contributed by atoms with van der Waals surface area (Å²) in [6.07, 6.45) is 9.19. The van der Waals surface area contributed by atoms with E-state index in [2.05, 4.69) is 24.5 Å². The predicted molar refractivity (Wildman–Crippen MR) is 171 cm³/mol. The highest BCUT2D eigenvalue weighted by Gasteiger charge is 2.60. The van der Waals surface area contributed by atoms with Crippen LogP contribution in [0.4, 0.5) is 0 Å². The molecule has 0 aromatic carbocycles. The van der Waals surface area contributed by atoms with Crippen molar-refractivity contribution in [2.24, 2.45) is 34.5 Å². The number of ketones is 2. The van der Waals surface area contributed by atoms with Gasteiger partial charge in [0.2, 0.25) is 11.8 Å². The number of allylic oxidation sites excluding steroid dienone is 1. The number of nitrogens with one attached hydrogen (secondary N) is 2. The van der Waals surface area contributed by atoms with E-state index in [4.69, 9.17) is 14.2 Å². The van der Waals surface area contributed by atoms with E-state index in [9.17, 15) is 19.2 Å². The van der Waals surface area contributed by atoms with E-state index >= 15 is 0 Å². The molecular weight excluding hydrogens is 580 g/mol. The van der Waals surface area contributed by atoms with Crippen LogP contribution >= 0.6 is 11.8 Å². The second kappa shape index (κ2) is 16.2. The van der Waals surface area contributed by atoms with Crippen molar-refractivity contribution in [1.82, 2.24) is 10.6 Å². The van der Waals surface area contributed by atoms with E-state index in [-0.39, 0.29) is 41.1 Å². The van der Waals surface area contributed by atoms with E-state index in [0.717, 1.165) is 49.9 Å². The molecule has 0 heterocycles. The van der Waals surface area contributed by atoms with Crippen LogP contribution in [0.3, 0.4) is 0 Å². The fraction of sp³-hybridized carbons (Fsp3) is 0.824. The van der Waals surface area contributed by atoms with Crippen LogP contribution in [0.2, 0.25) is 0 Å². The fourth-order valence-corrected chi connectivity index (χ4v) is 10.2. The molecule has 9 nitrogen and oxygen atoms in total. The number of carbonyl (C=O) groups is 4. The van der Waals surface area contributed by atoms with Crippen LogP contribution in [0.5, 0.6) is 0 Å². The maximum Gasteiger partial charge on any atom is 0.222 e. The van der Waals surface area contributed by atoms with Crippen LogP contribution in [0.15, 0.2) is 10.5 Å². The van der Waals surface area contributed by atoms with Gasteiger partial charge in [0.05, 0.1) is 31.3 Å². The quantitative estimate of drug-likeness (QED) is 0.173. The highest BCUT2D eigenvalue weighted by molar-refractivity contribution is 8.04. The largest absolute Gasteiger partial charge is 0.379 e. The number of ether oxygens (including phenoxy) is 3. The first-order valence-electron chi connectivity index (χ1n) is 16.7. The van der Waals surface area contributed by atoms with Crippen molar-refractivity contribution in [3.8, 4) is 0 Å². The van der Waals surface area contributed by atoms with Crippen LogP contribution in [0.25, 0.3) is 0 Å². The zero-order chi connectivity index (χ0) is 31.7. The number of fused-ring (bicyclic) bond motifs is 5. The van der Waals surface area contributed by atoms with E-state index < -0.39 is 0 Å². The van der Waals surface area contributed by atoms with Gasteiger partial charge >= 0.3 is 0 Å². The molecule has 44 heavy (non-hydrogen) atoms. The number of hydrogen-bond acceptors (Lipinski definition) is 8. The monoisotopic (exact) mass is 634 g/mol. The summed E-state index contributed by atoms with van der Waals surface area (Å²) in [7, 11) is 0. The molecule has 10 heteroatoms. The molecule has 4 aliphatic carbocycles. The highest BCUT2D eigenvalue weighted by atomic mass is 32.2. The summed E-state index contributed by atoms with van der Waals surface area (Å²) >= 11 is 1.58. The van der Waals surface area contributed by atoms with Crippen molar-refractivity contribution in [3.05, 3.63) is 10.5 Å². The molecular formula is C34H54N2O7S. The predicted octanol–water partition coefficient (Wildman–Crippen LogP) is 4.82. The third-order valence-electron chi connectivity index (χ3n) is 11.1. The van der Waals surface area contributed by atoms with Crippen LogP contribution in [-0.2, 0) is 33.4 Å². The van der Waals surface area contributed by atoms with Crippen molar-refractivity contribution < 1.29 is 33.4 Å². The van der Waals surface area contributed by atoms with Gasteiger partial charge in [0.25, 0.3) is 0 Å². The van der Waals surface area contributed by atoms with Gasteiger partial charge in [0.15, 0.2) is 5.78 Å². The molecule has 248 valence electrons. The Morgan fingerprint density at radius 3 is 2.32 bits per heavy atom. The Bertz CT molecular complexity index is 1080. The first-order chi connectivity index (χ1) is 21.1. The van der Waals surface area contributed by atoms with Gasteiger partial charge in [-0.1, -0.05) is 13.8 Å². The van der Waals surface area contributed by atoms with Gasteiger partial charge in [-0.3, -0.25) is 19.2 Å². The summed E-state index contributed by atoms with van der Waals surface area (Å²) in [5.74, 6) is 3.13. The van der Waals surface area contributed by atoms with Gasteiger partial charge in [0, 0.05) is 44.6 Å². The molecule has 3 fully saturated rings. The number of Topliss-reactive ketones (excluding diaryl/α,β-unsaturated/α-hetero) is 2. The Balaban J connectivity index is 1.14. The van der Waals surface area contributed by atoms with Crippen molar-refractivity contribution in [2.75, 3.05) is 52.1 Å². The van der Waals surface area contributed by atoms with Crippen molar-refractivity contribution in [1.29, 1.82) is 0 Å². The summed E-state index contributed by atoms with van der Waals surface area (Å²) in [5.41, 5.74) is 1.54. The Kier molecular flexibility index (Phi) is 12.9. The molecule has 3 saturated carbocycles. The van der Waals surface area contributed by atoms with Gasteiger partial charge in [0.1, 0.15) is 12.5 Å². The molecule has 0 saturated heterocycles. The molecule has 4 aliphatic rings. The average molecular weight is 635 g/mol. The minimum Gasteiger partial charge on any atom is -0.379 e. The molecule has 6 atom stereocenters. The topological polar surface area (TPSA) is 120 Å². The molecule has 4 rings (SSSR count). The number of thioether (sulfide) groups is 1. The Morgan fingerprint density at radius 2 is 1.59 bits per heavy atom. The lowest BCUT2D eigenvalue weighted by Crippen LogP contribution is -2.51. The summed E-state index contributed by atoms with van der Waals surface area (Å²) in [6, 6.07) is 0. The standard InChI is InChI=1S/C34H54N2O7S/c1-23(37)26-8-9-27-25-6-7-29-32(30(39)11-14-34(29,4)28(25)10-13-33(26,27)3)44-21-12-31(40)36-22-43-20-19-42-18-17-41-16-5-15-35-24(2)38/h25-28H,5-22H2,1-4H3,(H,35,38)(H,36,40)/t25?,26?,27?,28?,33-,34-/m1/s1. The SMILES string of the molecule is CC(=O)NCCCOCCOCCOCNC(=O)CCSC1=C2CCC3C4CCC(C(C)=O)[C@@]4(C)CCC3[C@@]2(C)CCC1=O. The molecule has 0 spiro atoms. The van der Waals surface area contributed by atoms with Crippen LogP contribution in [0.1, 0.15) is 91.9 Å². The number of carbonyl (C=O) groups excluding carboxylic acids is 4. The highest BCUT2D eigenvalue weighted by Crippen LogP contribution is 2.67. The Labute approximate surface area is 267 Å². The lowest BCUT2D eigenvalue weighted by Gasteiger charge is -2.58. The number of amides is 2. The zero-order valence-electron chi connectivity index (χ0n) is 27.3. The first kappa shape index (κ1) is 35.1. The maximum absolute atomic E-state index is 13.1. The first-order valence-corrected chi connectivity index (χ1v) is 17.7. The number of rotatable bonds is 17. The molecule has 0 bridgehead atoms. The van der Waals surface area contributed by atoms with Gasteiger partial charge < -0.3 is 24.8 Å². The van der Waals surface area contributed by atoms with E-state index in [0.29, 0.717) is 81.7 Å². The summed E-state index contributed by atoms with van der Waals surface area (Å²) < 4.78 is 16.4. The third kappa shape index (κ3) is 8.34. The molecule has 4 unspecified atom stereocenters. The van der Waals surface area contributed by atoms with Gasteiger partial charge in [-0.2, -0.15) is 0 Å². The van der Waals surface area contributed by atoms with Crippen LogP contribution in [0, 0.1) is 34.5 Å². The van der Waals surface area contributed by atoms with Crippen LogP contribution in [-0.4, -0.2) is 75.4 Å². The van der Waals surface area contributed by atoms with Crippen LogP contribution < -0.4 is 10.6 Å². The molecule has 0 radical (unpaired) electrons. The Hall–Kier alpha value is -1.75. The summed E-state index contributed by atoms with van der Waals surface area (Å²) in [5, 5.41) is 5.52. The molecule has 0 aliphatic heterocycles. The van der Waals surface area contributed by atoms with Crippen molar-refractivity contribution in [3.63, 3.8) is 0 Å². The lowest BCUT2D eigenvalue weighted by molar-refractivity contribution is -0.128. The Morgan fingerprint density at radius 1 is 0.864 bits per heavy atom. The van der Waals surface area contributed by atoms with Gasteiger partial charge in [-0.05, 0) is 92.4 Å². The zero-order valence-corrected chi connectivity index (χ0v) is 28.1. The fourth-order valence-electron chi connectivity index (χ4n) is 8.92. The second-order valence-electron chi connectivity index (χ2n) is 13.7. The summed E-state index contributed by atoms with van der Waals surface area (Å²) in [4.78, 5) is 49.7. The van der Waals surface area contributed by atoms with Gasteiger partial charge in [-0.25, -0.2) is 0 Å². The van der Waals surface area contributed by atoms with E-state index in [1.165, 1.54) is 18.9 Å². The minimum atomic E-state index is -0.0840. The smallest absolute Gasteiger partial charge is 0.222 e. The van der Waals surface area contributed by atoms with E-state index in [1.54, 1.807) is 18.7 Å². The third-order valence-corrected chi connectivity index (χ3v) is 12.3. The molecule has 2 N–H and O–H groups in total. The molecule has 0 aromatic rings. The number of hydrogen-bond donors (Lipinski definition) is 2. The minimum absolute atomic E-state index is 0.0373. The van der Waals surface area contributed by atoms with Gasteiger partial charge in [-0.15, -0.1) is 11.8 Å². The lowest BCUT2D eigenvalue weighted by atomic mass is 9.46. The molecule has 2 amide bonds. The normalized spacial score (nSPS) is 31.2. The second-order valence-corrected chi connectivity index (χ2v) is 14.8. The van der Waals surface area contributed by atoms with E-state index in [1.807, 2.05) is 0 Å². The maximum atomic E-state index is 13.1. The average Bonchev–Trinajstić information content (AvgIpc) is 3.34. The van der Waals surface area contributed by atoms with Crippen molar-refractivity contribution in [2.45, 2.75) is 91.9 Å².